The molecule has 0 saturated heterocycles. The van der Waals surface area contributed by atoms with Gasteiger partial charge in [0.05, 0.1) is 0 Å². The van der Waals surface area contributed by atoms with E-state index in [1.807, 2.05) is 44.2 Å². The molecular weight excluding hydrogens is 208 g/mol. The lowest BCUT2D eigenvalue weighted by molar-refractivity contribution is -0.136. The molecule has 0 radical (unpaired) electrons. The van der Waals surface area contributed by atoms with Gasteiger partial charge < -0.3 is 4.74 Å². The molecule has 0 bridgehead atoms. The maximum Gasteiger partial charge on any atom is 0.335 e. The number of ether oxygens (including phenoxy) is 1. The highest BCUT2D eigenvalue weighted by Crippen LogP contribution is 2.34. The largest absolute Gasteiger partial charge is 0.443 e. The Kier molecular flexibility index (Phi) is 2.82. The van der Waals surface area contributed by atoms with Gasteiger partial charge in [-0.2, -0.15) is 0 Å². The number of esters is 1. The summed E-state index contributed by atoms with van der Waals surface area (Å²) < 4.78 is 5.24. The van der Waals surface area contributed by atoms with Crippen molar-refractivity contribution >= 4 is 17.7 Å². The van der Waals surface area contributed by atoms with Crippen LogP contribution in [0.3, 0.4) is 0 Å². The molecule has 3 heteroatoms. The van der Waals surface area contributed by atoms with Crippen molar-refractivity contribution in [3.05, 3.63) is 41.5 Å². The number of cyclic esters (lactones) is 1. The van der Waals surface area contributed by atoms with Gasteiger partial charge in [-0.05, 0) is 31.6 Å². The molecule has 0 N–H and O–H groups in total. The quantitative estimate of drug-likeness (QED) is 0.717. The summed E-state index contributed by atoms with van der Waals surface area (Å²) in [5.41, 5.74) is 1.61. The van der Waals surface area contributed by atoms with E-state index in [2.05, 4.69) is 0 Å². The van der Waals surface area contributed by atoms with E-state index < -0.39 is 0 Å². The lowest BCUT2D eigenvalue weighted by Crippen LogP contribution is -2.05. The van der Waals surface area contributed by atoms with Crippen molar-refractivity contribution in [3.8, 4) is 0 Å². The van der Waals surface area contributed by atoms with Crippen LogP contribution < -0.4 is 0 Å². The Morgan fingerprint density at radius 3 is 2.40 bits per heavy atom. The van der Waals surface area contributed by atoms with Crippen LogP contribution in [0.15, 0.2) is 46.4 Å². The lowest BCUT2D eigenvalue weighted by atomic mass is 10.2. The summed E-state index contributed by atoms with van der Waals surface area (Å²) in [6.07, 6.45) is 0. The summed E-state index contributed by atoms with van der Waals surface area (Å²) in [4.78, 5) is 12.4. The van der Waals surface area contributed by atoms with Crippen molar-refractivity contribution in [2.45, 2.75) is 24.2 Å². The van der Waals surface area contributed by atoms with Gasteiger partial charge in [0.15, 0.2) is 5.44 Å². The Labute approximate surface area is 93.3 Å². The Morgan fingerprint density at radius 1 is 1.20 bits per heavy atom. The van der Waals surface area contributed by atoms with Gasteiger partial charge in [-0.15, -0.1) is 0 Å². The molecule has 78 valence electrons. The lowest BCUT2D eigenvalue weighted by Gasteiger charge is -2.10. The molecule has 1 aromatic carbocycles. The third-order valence-electron chi connectivity index (χ3n) is 2.45. The number of benzene rings is 1. The molecule has 0 saturated carbocycles. The Hall–Kier alpha value is -1.22. The van der Waals surface area contributed by atoms with Gasteiger partial charge in [0.2, 0.25) is 0 Å². The minimum Gasteiger partial charge on any atom is -0.443 e. The number of carbonyl (C=O) groups excluding carboxylic acids is 1. The van der Waals surface area contributed by atoms with E-state index in [1.165, 1.54) is 0 Å². The van der Waals surface area contributed by atoms with Crippen LogP contribution in [-0.2, 0) is 9.53 Å². The van der Waals surface area contributed by atoms with E-state index in [4.69, 9.17) is 4.74 Å². The van der Waals surface area contributed by atoms with E-state index >= 15 is 0 Å². The zero-order valence-electron chi connectivity index (χ0n) is 8.69. The van der Waals surface area contributed by atoms with Crippen molar-refractivity contribution < 1.29 is 9.53 Å². The molecule has 1 aromatic rings. The molecule has 15 heavy (non-hydrogen) atoms. The average molecular weight is 220 g/mol. The van der Waals surface area contributed by atoms with Crippen LogP contribution >= 0.6 is 11.8 Å². The zero-order valence-corrected chi connectivity index (χ0v) is 9.51. The van der Waals surface area contributed by atoms with Crippen molar-refractivity contribution in [2.75, 3.05) is 0 Å². The molecule has 2 rings (SSSR count). The highest BCUT2D eigenvalue weighted by Gasteiger charge is 2.28. The SMILES string of the molecule is CC1=C(C)C(Sc2ccccc2)OC1=O. The molecule has 0 spiro atoms. The first-order valence-electron chi connectivity index (χ1n) is 4.78. The average Bonchev–Trinajstić information content (AvgIpc) is 2.48. The molecule has 1 aliphatic heterocycles. The first-order valence-corrected chi connectivity index (χ1v) is 5.66. The normalized spacial score (nSPS) is 20.7. The van der Waals surface area contributed by atoms with Crippen molar-refractivity contribution in [1.82, 2.24) is 0 Å². The Bertz CT molecular complexity index is 409. The van der Waals surface area contributed by atoms with Gasteiger partial charge in [-0.3, -0.25) is 0 Å². The van der Waals surface area contributed by atoms with Crippen LogP contribution in [0.5, 0.6) is 0 Å². The third kappa shape index (κ3) is 2.07. The van der Waals surface area contributed by atoms with Crippen molar-refractivity contribution in [1.29, 1.82) is 0 Å². The van der Waals surface area contributed by atoms with E-state index in [-0.39, 0.29) is 11.4 Å². The fraction of sp³-hybridized carbons (Fsp3) is 0.250. The van der Waals surface area contributed by atoms with Gasteiger partial charge in [0.25, 0.3) is 0 Å². The smallest absolute Gasteiger partial charge is 0.335 e. The Morgan fingerprint density at radius 2 is 1.87 bits per heavy atom. The second-order valence-corrected chi connectivity index (χ2v) is 4.61. The number of thioether (sulfide) groups is 1. The van der Waals surface area contributed by atoms with E-state index in [0.29, 0.717) is 0 Å². The molecule has 2 nitrogen and oxygen atoms in total. The highest BCUT2D eigenvalue weighted by molar-refractivity contribution is 8.00. The third-order valence-corrected chi connectivity index (χ3v) is 3.66. The summed E-state index contributed by atoms with van der Waals surface area (Å²) in [5, 5.41) is 0. The highest BCUT2D eigenvalue weighted by atomic mass is 32.2. The number of rotatable bonds is 2. The topological polar surface area (TPSA) is 26.3 Å². The standard InChI is InChI=1S/C12H12O2S/c1-8-9(2)12(14-11(8)13)15-10-6-4-3-5-7-10/h3-7,12H,1-2H3. The van der Waals surface area contributed by atoms with Crippen LogP contribution in [0.4, 0.5) is 0 Å². The molecule has 1 atom stereocenters. The van der Waals surface area contributed by atoms with Crippen LogP contribution in [0.1, 0.15) is 13.8 Å². The summed E-state index contributed by atoms with van der Waals surface area (Å²) in [6.45, 7) is 3.75. The first kappa shape index (κ1) is 10.3. The maximum atomic E-state index is 11.3. The van der Waals surface area contributed by atoms with Gasteiger partial charge in [-0.25, -0.2) is 4.79 Å². The number of hydrogen-bond donors (Lipinski definition) is 0. The molecule has 1 heterocycles. The van der Waals surface area contributed by atoms with Crippen LogP contribution in [0.2, 0.25) is 0 Å². The zero-order chi connectivity index (χ0) is 10.8. The van der Waals surface area contributed by atoms with Crippen LogP contribution in [-0.4, -0.2) is 11.4 Å². The van der Waals surface area contributed by atoms with E-state index in [0.717, 1.165) is 16.0 Å². The van der Waals surface area contributed by atoms with Crippen molar-refractivity contribution in [2.24, 2.45) is 0 Å². The van der Waals surface area contributed by atoms with E-state index in [9.17, 15) is 4.79 Å². The van der Waals surface area contributed by atoms with Gasteiger partial charge in [0, 0.05) is 10.5 Å². The summed E-state index contributed by atoms with van der Waals surface area (Å²) in [7, 11) is 0. The number of carbonyl (C=O) groups is 1. The number of hydrogen-bond acceptors (Lipinski definition) is 3. The predicted octanol–water partition coefficient (Wildman–Crippen LogP) is 3.00. The monoisotopic (exact) mass is 220 g/mol. The second-order valence-electron chi connectivity index (χ2n) is 3.48. The fourth-order valence-corrected chi connectivity index (χ4v) is 2.40. The fourth-order valence-electron chi connectivity index (χ4n) is 1.35. The molecule has 0 amide bonds. The molecule has 0 aliphatic carbocycles. The summed E-state index contributed by atoms with van der Waals surface area (Å²) in [6, 6.07) is 9.95. The maximum absolute atomic E-state index is 11.3. The van der Waals surface area contributed by atoms with Crippen molar-refractivity contribution in [3.63, 3.8) is 0 Å². The summed E-state index contributed by atoms with van der Waals surface area (Å²) in [5.74, 6) is -0.194. The molecule has 0 aromatic heterocycles. The predicted molar refractivity (Wildman–Crippen MR) is 60.6 cm³/mol. The van der Waals surface area contributed by atoms with E-state index in [1.54, 1.807) is 11.8 Å². The van der Waals surface area contributed by atoms with Crippen LogP contribution in [0, 0.1) is 0 Å². The van der Waals surface area contributed by atoms with Gasteiger partial charge >= 0.3 is 5.97 Å². The van der Waals surface area contributed by atoms with Crippen LogP contribution in [0.25, 0.3) is 0 Å². The minimum atomic E-state index is -0.194. The van der Waals surface area contributed by atoms with Gasteiger partial charge in [-0.1, -0.05) is 30.0 Å². The summed E-state index contributed by atoms with van der Waals surface area (Å²) >= 11 is 1.57. The first-order chi connectivity index (χ1) is 7.18. The minimum absolute atomic E-state index is 0.153. The molecule has 1 unspecified atom stereocenters. The Balaban J connectivity index is 2.13. The molecule has 1 aliphatic rings. The van der Waals surface area contributed by atoms with Gasteiger partial charge in [0.1, 0.15) is 0 Å². The molecule has 0 fully saturated rings. The molecular formula is C12H12O2S. The second kappa shape index (κ2) is 4.11.